The van der Waals surface area contributed by atoms with Gasteiger partial charge in [-0.2, -0.15) is 0 Å². The number of halogens is 2. The molecule has 1 aliphatic rings. The fourth-order valence-electron chi connectivity index (χ4n) is 3.49. The zero-order valence-corrected chi connectivity index (χ0v) is 21.2. The van der Waals surface area contributed by atoms with E-state index in [-0.39, 0.29) is 11.5 Å². The number of esters is 1. The molecule has 0 N–H and O–H groups in total. The molecule has 0 radical (unpaired) electrons. The highest BCUT2D eigenvalue weighted by Gasteiger charge is 2.36. The Balaban J connectivity index is 1.51. The molecule has 34 heavy (non-hydrogen) atoms. The normalized spacial score (nSPS) is 14.8. The van der Waals surface area contributed by atoms with Gasteiger partial charge in [0, 0.05) is 0 Å². The molecule has 0 saturated carbocycles. The van der Waals surface area contributed by atoms with Crippen molar-refractivity contribution >= 4 is 73.3 Å². The Morgan fingerprint density at radius 1 is 1.15 bits per heavy atom. The van der Waals surface area contributed by atoms with E-state index in [2.05, 4.69) is 15.9 Å². The van der Waals surface area contributed by atoms with Crippen LogP contribution < -0.4 is 4.74 Å². The number of carbonyl (C=O) groups is 3. The van der Waals surface area contributed by atoms with Crippen molar-refractivity contribution < 1.29 is 23.9 Å². The minimum atomic E-state index is -0.635. The van der Waals surface area contributed by atoms with Crippen molar-refractivity contribution in [2.75, 3.05) is 13.2 Å². The summed E-state index contributed by atoms with van der Waals surface area (Å²) in [6.45, 7) is 1.74. The maximum absolute atomic E-state index is 12.6. The fraction of sp³-hybridized carbons (Fsp3) is 0.160. The minimum absolute atomic E-state index is 0.173. The van der Waals surface area contributed by atoms with Crippen molar-refractivity contribution in [3.05, 3.63) is 80.1 Å². The van der Waals surface area contributed by atoms with Crippen LogP contribution in [0.4, 0.5) is 4.79 Å². The SMILES string of the molecule is CCOC(=O)CN1C(=O)S/C(=C/c2cc(Cl)c(OCc3cccc4ccccc34)c(Br)c2)C1=O. The van der Waals surface area contributed by atoms with E-state index in [4.69, 9.17) is 21.1 Å². The predicted molar refractivity (Wildman–Crippen MR) is 137 cm³/mol. The van der Waals surface area contributed by atoms with Gasteiger partial charge in [-0.1, -0.05) is 54.1 Å². The Morgan fingerprint density at radius 3 is 2.68 bits per heavy atom. The third kappa shape index (κ3) is 5.29. The number of ether oxygens (including phenoxy) is 2. The first-order chi connectivity index (χ1) is 16.4. The largest absolute Gasteiger partial charge is 0.486 e. The summed E-state index contributed by atoms with van der Waals surface area (Å²) in [5.74, 6) is -0.710. The molecule has 0 aromatic heterocycles. The van der Waals surface area contributed by atoms with E-state index in [0.29, 0.717) is 27.4 Å². The summed E-state index contributed by atoms with van der Waals surface area (Å²) in [6.07, 6.45) is 1.56. The van der Waals surface area contributed by atoms with Crippen LogP contribution in [0.1, 0.15) is 18.1 Å². The van der Waals surface area contributed by atoms with Gasteiger partial charge in [-0.3, -0.25) is 19.3 Å². The maximum atomic E-state index is 12.6. The Bertz CT molecular complexity index is 1300. The van der Waals surface area contributed by atoms with Gasteiger partial charge in [0.15, 0.2) is 5.75 Å². The van der Waals surface area contributed by atoms with Crippen molar-refractivity contribution in [1.29, 1.82) is 0 Å². The molecule has 0 bridgehead atoms. The molecule has 0 spiro atoms. The van der Waals surface area contributed by atoms with Gasteiger partial charge in [-0.15, -0.1) is 0 Å². The molecule has 4 rings (SSSR count). The van der Waals surface area contributed by atoms with Crippen molar-refractivity contribution in [3.8, 4) is 5.75 Å². The van der Waals surface area contributed by atoms with E-state index < -0.39 is 23.7 Å². The summed E-state index contributed by atoms with van der Waals surface area (Å²) in [4.78, 5) is 37.5. The van der Waals surface area contributed by atoms with Gasteiger partial charge in [0.25, 0.3) is 11.1 Å². The number of imide groups is 1. The van der Waals surface area contributed by atoms with Crippen LogP contribution in [0.15, 0.2) is 64.0 Å². The summed E-state index contributed by atoms with van der Waals surface area (Å²) in [7, 11) is 0. The first-order valence-corrected chi connectivity index (χ1v) is 12.4. The molecule has 6 nitrogen and oxygen atoms in total. The lowest BCUT2D eigenvalue weighted by Gasteiger charge is -2.13. The zero-order valence-electron chi connectivity index (χ0n) is 18.0. The zero-order chi connectivity index (χ0) is 24.2. The van der Waals surface area contributed by atoms with Crippen molar-refractivity contribution in [2.45, 2.75) is 13.5 Å². The Kier molecular flexibility index (Phi) is 7.60. The number of nitrogens with zero attached hydrogens (tertiary/aromatic N) is 1. The molecule has 174 valence electrons. The summed E-state index contributed by atoms with van der Waals surface area (Å²) < 4.78 is 11.5. The molecular weight excluding hydrogens is 542 g/mol. The summed E-state index contributed by atoms with van der Waals surface area (Å²) in [5, 5.41) is 2.06. The molecular formula is C25H19BrClNO5S. The van der Waals surface area contributed by atoms with E-state index in [1.807, 2.05) is 42.5 Å². The third-order valence-corrected chi connectivity index (χ3v) is 6.81. The van der Waals surface area contributed by atoms with Gasteiger partial charge < -0.3 is 9.47 Å². The van der Waals surface area contributed by atoms with Crippen LogP contribution in [0.2, 0.25) is 5.02 Å². The molecule has 3 aromatic carbocycles. The molecule has 0 aliphatic carbocycles. The second kappa shape index (κ2) is 10.6. The Labute approximate surface area is 214 Å². The summed E-state index contributed by atoms with van der Waals surface area (Å²) in [6, 6.07) is 17.5. The first kappa shape index (κ1) is 24.3. The summed E-state index contributed by atoms with van der Waals surface area (Å²) >= 11 is 10.7. The van der Waals surface area contributed by atoms with Crippen LogP contribution in [0.25, 0.3) is 16.8 Å². The monoisotopic (exact) mass is 559 g/mol. The van der Waals surface area contributed by atoms with Crippen molar-refractivity contribution in [2.24, 2.45) is 0 Å². The smallest absolute Gasteiger partial charge is 0.326 e. The van der Waals surface area contributed by atoms with Gasteiger partial charge in [-0.25, -0.2) is 0 Å². The summed E-state index contributed by atoms with van der Waals surface area (Å²) in [5.41, 5.74) is 1.64. The second-order valence-electron chi connectivity index (χ2n) is 7.31. The molecule has 1 saturated heterocycles. The number of hydrogen-bond donors (Lipinski definition) is 0. The average Bonchev–Trinajstić information content (AvgIpc) is 3.06. The lowest BCUT2D eigenvalue weighted by atomic mass is 10.1. The molecule has 1 fully saturated rings. The number of hydrogen-bond acceptors (Lipinski definition) is 6. The Hall–Kier alpha value is -2.81. The van der Waals surface area contributed by atoms with Crippen molar-refractivity contribution in [3.63, 3.8) is 0 Å². The fourth-order valence-corrected chi connectivity index (χ4v) is 5.32. The Morgan fingerprint density at radius 2 is 1.91 bits per heavy atom. The number of benzene rings is 3. The molecule has 3 aromatic rings. The number of carbonyl (C=O) groups excluding carboxylic acids is 3. The minimum Gasteiger partial charge on any atom is -0.486 e. The van der Waals surface area contributed by atoms with Crippen molar-refractivity contribution in [1.82, 2.24) is 4.90 Å². The molecule has 0 unspecified atom stereocenters. The lowest BCUT2D eigenvalue weighted by molar-refractivity contribution is -0.145. The number of fused-ring (bicyclic) bond motifs is 1. The third-order valence-electron chi connectivity index (χ3n) is 5.04. The van der Waals surface area contributed by atoms with Gasteiger partial charge in [0.05, 0.1) is 21.0 Å². The highest BCUT2D eigenvalue weighted by molar-refractivity contribution is 9.10. The van der Waals surface area contributed by atoms with E-state index >= 15 is 0 Å². The average molecular weight is 561 g/mol. The quantitative estimate of drug-likeness (QED) is 0.245. The van der Waals surface area contributed by atoms with Gasteiger partial charge in [0.1, 0.15) is 13.2 Å². The molecule has 9 heteroatoms. The second-order valence-corrected chi connectivity index (χ2v) is 9.57. The first-order valence-electron chi connectivity index (χ1n) is 10.4. The molecule has 1 aliphatic heterocycles. The standard InChI is InChI=1S/C25H19BrClNO5S/c1-2-32-22(29)13-28-24(30)21(34-25(28)31)12-15-10-19(26)23(20(27)11-15)33-14-17-8-5-7-16-6-3-4-9-18(16)17/h3-12H,2,13-14H2,1H3/b21-12+. The van der Waals surface area contributed by atoms with E-state index in [1.54, 1.807) is 25.1 Å². The van der Waals surface area contributed by atoms with Gasteiger partial charge in [-0.05, 0) is 74.7 Å². The van der Waals surface area contributed by atoms with Gasteiger partial charge in [0.2, 0.25) is 0 Å². The van der Waals surface area contributed by atoms with Crippen LogP contribution >= 0.6 is 39.3 Å². The lowest BCUT2D eigenvalue weighted by Crippen LogP contribution is -2.34. The van der Waals surface area contributed by atoms with E-state index in [1.165, 1.54) is 0 Å². The van der Waals surface area contributed by atoms with Crippen LogP contribution in [-0.2, 0) is 20.9 Å². The van der Waals surface area contributed by atoms with Crippen LogP contribution in [0.5, 0.6) is 5.75 Å². The highest BCUT2D eigenvalue weighted by atomic mass is 79.9. The highest BCUT2D eigenvalue weighted by Crippen LogP contribution is 2.38. The number of thioether (sulfide) groups is 1. The van der Waals surface area contributed by atoms with E-state index in [0.717, 1.165) is 33.0 Å². The number of amides is 2. The van der Waals surface area contributed by atoms with E-state index in [9.17, 15) is 14.4 Å². The molecule has 2 amide bonds. The topological polar surface area (TPSA) is 72.9 Å². The van der Waals surface area contributed by atoms with Crippen LogP contribution in [0, 0.1) is 0 Å². The van der Waals surface area contributed by atoms with Gasteiger partial charge >= 0.3 is 5.97 Å². The number of rotatable bonds is 7. The van der Waals surface area contributed by atoms with Crippen LogP contribution in [-0.4, -0.2) is 35.2 Å². The van der Waals surface area contributed by atoms with Crippen LogP contribution in [0.3, 0.4) is 0 Å². The molecule has 1 heterocycles. The molecule has 0 atom stereocenters. The predicted octanol–water partition coefficient (Wildman–Crippen LogP) is 6.43. The maximum Gasteiger partial charge on any atom is 0.326 e.